The Balaban J connectivity index is 1.96. The number of nitro groups is 1. The van der Waals surface area contributed by atoms with Crippen molar-refractivity contribution in [3.63, 3.8) is 0 Å². The highest BCUT2D eigenvalue weighted by atomic mass is 35.5. The lowest BCUT2D eigenvalue weighted by Crippen LogP contribution is -2.44. The number of likely N-dealkylation sites (tertiary alicyclic amines) is 1. The van der Waals surface area contributed by atoms with Crippen molar-refractivity contribution in [2.45, 2.75) is 18.9 Å². The molecule has 0 unspecified atom stereocenters. The number of carbonyl (C=O) groups is 1. The van der Waals surface area contributed by atoms with Crippen LogP contribution in [0.2, 0.25) is 5.02 Å². The highest BCUT2D eigenvalue weighted by Gasteiger charge is 2.21. The molecule has 2 rings (SSSR count). The van der Waals surface area contributed by atoms with Crippen LogP contribution in [0.25, 0.3) is 0 Å². The molecule has 7 nitrogen and oxygen atoms in total. The number of nitrogens with zero attached hydrogens (tertiary/aromatic N) is 2. The molecule has 0 saturated carbocycles. The molecular weight excluding hydrogens is 284 g/mol. The smallest absolute Gasteiger partial charge is 0.314 e. The van der Waals surface area contributed by atoms with E-state index in [1.807, 2.05) is 0 Å². The van der Waals surface area contributed by atoms with Crippen LogP contribution in [0, 0.1) is 10.1 Å². The normalized spacial score (nSPS) is 15.9. The summed E-state index contributed by atoms with van der Waals surface area (Å²) in [4.78, 5) is 22.8. The van der Waals surface area contributed by atoms with E-state index in [2.05, 4.69) is 5.32 Å². The minimum atomic E-state index is -0.516. The second-order valence-electron chi connectivity index (χ2n) is 4.67. The highest BCUT2D eigenvalue weighted by Crippen LogP contribution is 2.28. The summed E-state index contributed by atoms with van der Waals surface area (Å²) in [7, 11) is 0. The first-order chi connectivity index (χ1) is 9.47. The quantitative estimate of drug-likeness (QED) is 0.659. The van der Waals surface area contributed by atoms with Crippen LogP contribution in [0.15, 0.2) is 18.2 Å². The predicted octanol–water partition coefficient (Wildman–Crippen LogP) is 2.20. The predicted molar refractivity (Wildman–Crippen MR) is 75.9 cm³/mol. The van der Waals surface area contributed by atoms with Crippen molar-refractivity contribution >= 4 is 29.0 Å². The van der Waals surface area contributed by atoms with Crippen LogP contribution in [0.4, 0.5) is 16.2 Å². The molecule has 1 saturated heterocycles. The number of nitrogens with two attached hydrogens (primary N) is 1. The van der Waals surface area contributed by atoms with Gasteiger partial charge >= 0.3 is 6.03 Å². The minimum absolute atomic E-state index is 0.106. The van der Waals surface area contributed by atoms with E-state index in [1.54, 1.807) is 17.0 Å². The van der Waals surface area contributed by atoms with Crippen molar-refractivity contribution < 1.29 is 9.72 Å². The standard InChI is InChI=1S/C12H15ClN4O3/c13-10-7-9(1-2-11(10)17(19)20)15-8-3-5-16(6-4-8)12(14)18/h1-2,7-8,15H,3-6H2,(H2,14,18). The van der Waals surface area contributed by atoms with Gasteiger partial charge in [0.1, 0.15) is 5.02 Å². The van der Waals surface area contributed by atoms with Gasteiger partial charge in [-0.1, -0.05) is 11.6 Å². The van der Waals surface area contributed by atoms with Crippen LogP contribution in [-0.2, 0) is 0 Å². The molecule has 1 aliphatic heterocycles. The molecule has 20 heavy (non-hydrogen) atoms. The zero-order valence-corrected chi connectivity index (χ0v) is 11.5. The Morgan fingerprint density at radius 2 is 2.10 bits per heavy atom. The van der Waals surface area contributed by atoms with E-state index in [0.717, 1.165) is 18.5 Å². The van der Waals surface area contributed by atoms with Gasteiger partial charge in [-0.15, -0.1) is 0 Å². The van der Waals surface area contributed by atoms with Crippen LogP contribution in [0.5, 0.6) is 0 Å². The number of nitrogens with one attached hydrogen (secondary N) is 1. The fourth-order valence-corrected chi connectivity index (χ4v) is 2.47. The van der Waals surface area contributed by atoms with Gasteiger partial charge in [0.25, 0.3) is 5.69 Å². The van der Waals surface area contributed by atoms with Crippen molar-refractivity contribution in [3.8, 4) is 0 Å². The number of primary amides is 1. The van der Waals surface area contributed by atoms with Crippen molar-refractivity contribution in [2.24, 2.45) is 5.73 Å². The molecular formula is C12H15ClN4O3. The second kappa shape index (κ2) is 5.96. The van der Waals surface area contributed by atoms with Crippen LogP contribution >= 0.6 is 11.6 Å². The summed E-state index contributed by atoms with van der Waals surface area (Å²) in [6.45, 7) is 1.21. The molecule has 0 spiro atoms. The van der Waals surface area contributed by atoms with E-state index in [9.17, 15) is 14.9 Å². The van der Waals surface area contributed by atoms with E-state index in [1.165, 1.54) is 6.07 Å². The van der Waals surface area contributed by atoms with Crippen LogP contribution in [0.1, 0.15) is 12.8 Å². The molecule has 0 aliphatic carbocycles. The lowest BCUT2D eigenvalue weighted by molar-refractivity contribution is -0.384. The molecule has 1 heterocycles. The van der Waals surface area contributed by atoms with Crippen molar-refractivity contribution in [2.75, 3.05) is 18.4 Å². The third-order valence-electron chi connectivity index (χ3n) is 3.32. The van der Waals surface area contributed by atoms with Gasteiger partial charge in [-0.05, 0) is 25.0 Å². The lowest BCUT2D eigenvalue weighted by atomic mass is 10.0. The lowest BCUT2D eigenvalue weighted by Gasteiger charge is -2.31. The van der Waals surface area contributed by atoms with Gasteiger partial charge in [0, 0.05) is 30.9 Å². The molecule has 1 aromatic carbocycles. The number of rotatable bonds is 3. The van der Waals surface area contributed by atoms with Crippen molar-refractivity contribution in [1.29, 1.82) is 0 Å². The first kappa shape index (κ1) is 14.4. The number of amides is 2. The Labute approximate surface area is 120 Å². The Bertz CT molecular complexity index is 529. The van der Waals surface area contributed by atoms with Gasteiger partial charge in [0.05, 0.1) is 4.92 Å². The SMILES string of the molecule is NC(=O)N1CCC(Nc2ccc([N+](=O)[O-])c(Cl)c2)CC1. The van der Waals surface area contributed by atoms with Gasteiger partial charge in [0.15, 0.2) is 0 Å². The average Bonchev–Trinajstić information content (AvgIpc) is 2.39. The number of nitro benzene ring substituents is 1. The molecule has 8 heteroatoms. The first-order valence-corrected chi connectivity index (χ1v) is 6.60. The largest absolute Gasteiger partial charge is 0.382 e. The second-order valence-corrected chi connectivity index (χ2v) is 5.07. The zero-order chi connectivity index (χ0) is 14.7. The number of hydrogen-bond donors (Lipinski definition) is 2. The monoisotopic (exact) mass is 298 g/mol. The third kappa shape index (κ3) is 3.30. The van der Waals surface area contributed by atoms with Crippen LogP contribution in [-0.4, -0.2) is 35.0 Å². The zero-order valence-electron chi connectivity index (χ0n) is 10.7. The van der Waals surface area contributed by atoms with Crippen molar-refractivity contribution in [1.82, 2.24) is 4.90 Å². The Morgan fingerprint density at radius 1 is 1.45 bits per heavy atom. The summed E-state index contributed by atoms with van der Waals surface area (Å²) in [5, 5.41) is 14.0. The number of benzene rings is 1. The Kier molecular flexibility index (Phi) is 4.29. The van der Waals surface area contributed by atoms with Gasteiger partial charge < -0.3 is 16.0 Å². The van der Waals surface area contributed by atoms with Gasteiger partial charge in [-0.2, -0.15) is 0 Å². The number of piperidine rings is 1. The molecule has 1 aliphatic rings. The average molecular weight is 299 g/mol. The molecule has 1 fully saturated rings. The number of carbonyl (C=O) groups excluding carboxylic acids is 1. The topological polar surface area (TPSA) is 102 Å². The molecule has 0 bridgehead atoms. The maximum Gasteiger partial charge on any atom is 0.314 e. The molecule has 0 atom stereocenters. The van der Waals surface area contributed by atoms with E-state index >= 15 is 0 Å². The Hall–Kier alpha value is -2.02. The minimum Gasteiger partial charge on any atom is -0.382 e. The number of hydrogen-bond acceptors (Lipinski definition) is 4. The van der Waals surface area contributed by atoms with Gasteiger partial charge in [-0.25, -0.2) is 4.79 Å². The fraction of sp³-hybridized carbons (Fsp3) is 0.417. The molecule has 0 radical (unpaired) electrons. The maximum atomic E-state index is 11.0. The number of urea groups is 1. The highest BCUT2D eigenvalue weighted by molar-refractivity contribution is 6.32. The summed E-state index contributed by atoms with van der Waals surface area (Å²) < 4.78 is 0. The summed E-state index contributed by atoms with van der Waals surface area (Å²) in [5.74, 6) is 0. The van der Waals surface area contributed by atoms with E-state index in [0.29, 0.717) is 13.1 Å². The summed E-state index contributed by atoms with van der Waals surface area (Å²) >= 11 is 5.86. The van der Waals surface area contributed by atoms with E-state index in [-0.39, 0.29) is 16.8 Å². The number of halogens is 1. The van der Waals surface area contributed by atoms with Crippen molar-refractivity contribution in [3.05, 3.63) is 33.3 Å². The van der Waals surface area contributed by atoms with E-state index < -0.39 is 11.0 Å². The van der Waals surface area contributed by atoms with E-state index in [4.69, 9.17) is 17.3 Å². The summed E-state index contributed by atoms with van der Waals surface area (Å²) in [6.07, 6.45) is 1.55. The summed E-state index contributed by atoms with van der Waals surface area (Å²) in [6, 6.07) is 4.35. The van der Waals surface area contributed by atoms with Crippen LogP contribution in [0.3, 0.4) is 0 Å². The molecule has 108 valence electrons. The summed E-state index contributed by atoms with van der Waals surface area (Å²) in [5.41, 5.74) is 5.84. The Morgan fingerprint density at radius 3 is 2.60 bits per heavy atom. The first-order valence-electron chi connectivity index (χ1n) is 6.22. The van der Waals surface area contributed by atoms with Crippen LogP contribution < -0.4 is 11.1 Å². The molecule has 1 aromatic rings. The molecule has 2 amide bonds. The molecule has 0 aromatic heterocycles. The van der Waals surface area contributed by atoms with Gasteiger partial charge in [0.2, 0.25) is 0 Å². The third-order valence-corrected chi connectivity index (χ3v) is 3.62. The molecule has 3 N–H and O–H groups in total. The maximum absolute atomic E-state index is 11.0. The fourth-order valence-electron chi connectivity index (χ4n) is 2.22. The van der Waals surface area contributed by atoms with Gasteiger partial charge in [-0.3, -0.25) is 10.1 Å². The number of anilines is 1.